The maximum Gasteiger partial charge on any atom is 0.272 e. The van der Waals surface area contributed by atoms with Crippen molar-refractivity contribution in [2.24, 2.45) is 5.92 Å². The minimum absolute atomic E-state index is 0.137. The number of alkyl halides is 2. The van der Waals surface area contributed by atoms with Gasteiger partial charge in [0, 0.05) is 12.6 Å². The summed E-state index contributed by atoms with van der Waals surface area (Å²) in [5, 5.41) is 0. The van der Waals surface area contributed by atoms with Crippen LogP contribution >= 0.6 is 11.6 Å². The Kier molecular flexibility index (Phi) is 5.67. The van der Waals surface area contributed by atoms with Crippen molar-refractivity contribution in [1.82, 2.24) is 9.80 Å². The third kappa shape index (κ3) is 4.43. The predicted octanol–water partition coefficient (Wildman–Crippen LogP) is 2.10. The Balaban J connectivity index is 2.65. The highest BCUT2D eigenvalue weighted by molar-refractivity contribution is 6.29. The standard InChI is InChI=1S/C12H22ClFN2O/c1-9(2)8-16(12(17)11(13)14)10-4-6-15(3)7-5-10/h9-11H,4-8H2,1-3H3. The maximum atomic E-state index is 13.0. The first kappa shape index (κ1) is 14.7. The Hall–Kier alpha value is -0.350. The highest BCUT2D eigenvalue weighted by atomic mass is 35.5. The van der Waals surface area contributed by atoms with Gasteiger partial charge in [0.2, 0.25) is 0 Å². The van der Waals surface area contributed by atoms with E-state index in [9.17, 15) is 9.18 Å². The van der Waals surface area contributed by atoms with Crippen molar-refractivity contribution in [2.45, 2.75) is 38.4 Å². The van der Waals surface area contributed by atoms with Gasteiger partial charge in [0.25, 0.3) is 11.5 Å². The fourth-order valence-corrected chi connectivity index (χ4v) is 2.37. The molecule has 100 valence electrons. The van der Waals surface area contributed by atoms with Gasteiger partial charge in [0.05, 0.1) is 0 Å². The molecular formula is C12H22ClFN2O. The van der Waals surface area contributed by atoms with Crippen LogP contribution in [0.25, 0.3) is 0 Å². The summed E-state index contributed by atoms with van der Waals surface area (Å²) in [4.78, 5) is 15.6. The molecule has 1 atom stereocenters. The Morgan fingerprint density at radius 1 is 1.47 bits per heavy atom. The van der Waals surface area contributed by atoms with Gasteiger partial charge in [0.15, 0.2) is 0 Å². The van der Waals surface area contributed by atoms with E-state index in [1.54, 1.807) is 4.90 Å². The van der Waals surface area contributed by atoms with Crippen LogP contribution in [-0.2, 0) is 4.79 Å². The van der Waals surface area contributed by atoms with Crippen molar-refractivity contribution < 1.29 is 9.18 Å². The summed E-state index contributed by atoms with van der Waals surface area (Å²) in [6.07, 6.45) is 1.80. The molecule has 1 aliphatic rings. The molecule has 0 aromatic rings. The molecule has 0 radical (unpaired) electrons. The monoisotopic (exact) mass is 264 g/mol. The minimum atomic E-state index is -1.91. The van der Waals surface area contributed by atoms with Crippen LogP contribution < -0.4 is 0 Å². The first-order valence-electron chi connectivity index (χ1n) is 6.19. The Morgan fingerprint density at radius 3 is 2.41 bits per heavy atom. The van der Waals surface area contributed by atoms with Gasteiger partial charge in [-0.15, -0.1) is 0 Å². The summed E-state index contributed by atoms with van der Waals surface area (Å²) >= 11 is 5.29. The van der Waals surface area contributed by atoms with E-state index in [4.69, 9.17) is 11.6 Å². The van der Waals surface area contributed by atoms with Gasteiger partial charge in [-0.25, -0.2) is 4.39 Å². The second-order valence-electron chi connectivity index (χ2n) is 5.22. The SMILES string of the molecule is CC(C)CN(C(=O)C(F)Cl)C1CCN(C)CC1. The average molecular weight is 265 g/mol. The smallest absolute Gasteiger partial charge is 0.272 e. The number of hydrogen-bond acceptors (Lipinski definition) is 2. The van der Waals surface area contributed by atoms with E-state index in [2.05, 4.69) is 11.9 Å². The molecule has 1 heterocycles. The summed E-state index contributed by atoms with van der Waals surface area (Å²) in [5.74, 6) is -0.246. The third-order valence-electron chi connectivity index (χ3n) is 3.16. The number of likely N-dealkylation sites (tertiary alicyclic amines) is 1. The van der Waals surface area contributed by atoms with Crippen LogP contribution in [0.15, 0.2) is 0 Å². The quantitative estimate of drug-likeness (QED) is 0.726. The van der Waals surface area contributed by atoms with Crippen LogP contribution in [0.1, 0.15) is 26.7 Å². The maximum absolute atomic E-state index is 13.0. The predicted molar refractivity (Wildman–Crippen MR) is 67.8 cm³/mol. The van der Waals surface area contributed by atoms with Crippen LogP contribution in [0.3, 0.4) is 0 Å². The molecule has 1 unspecified atom stereocenters. The van der Waals surface area contributed by atoms with Gasteiger partial charge in [-0.1, -0.05) is 25.4 Å². The molecule has 0 spiro atoms. The van der Waals surface area contributed by atoms with Gasteiger partial charge < -0.3 is 9.80 Å². The van der Waals surface area contributed by atoms with Crippen LogP contribution in [0.2, 0.25) is 0 Å². The lowest BCUT2D eigenvalue weighted by Gasteiger charge is -2.38. The number of hydrogen-bond donors (Lipinski definition) is 0. The van der Waals surface area contributed by atoms with Crippen LogP contribution in [0, 0.1) is 5.92 Å². The summed E-state index contributed by atoms with van der Waals surface area (Å²) in [7, 11) is 2.06. The van der Waals surface area contributed by atoms with Crippen molar-refractivity contribution in [3.8, 4) is 0 Å². The van der Waals surface area contributed by atoms with E-state index in [1.807, 2.05) is 13.8 Å². The molecule has 0 aromatic carbocycles. The van der Waals surface area contributed by atoms with E-state index in [1.165, 1.54) is 0 Å². The molecule has 0 aliphatic carbocycles. The van der Waals surface area contributed by atoms with Gasteiger partial charge in [0.1, 0.15) is 0 Å². The Bertz CT molecular complexity index is 253. The molecule has 0 aromatic heterocycles. The fourth-order valence-electron chi connectivity index (χ4n) is 2.24. The van der Waals surface area contributed by atoms with Crippen LogP contribution in [0.4, 0.5) is 4.39 Å². The number of amides is 1. The molecular weight excluding hydrogens is 243 g/mol. The van der Waals surface area contributed by atoms with Crippen LogP contribution in [0.5, 0.6) is 0 Å². The van der Waals surface area contributed by atoms with Gasteiger partial charge in [-0.3, -0.25) is 4.79 Å². The Labute approximate surface area is 108 Å². The molecule has 1 amide bonds. The molecule has 1 saturated heterocycles. The average Bonchev–Trinajstić information content (AvgIpc) is 2.26. The van der Waals surface area contributed by atoms with E-state index in [-0.39, 0.29) is 6.04 Å². The highest BCUT2D eigenvalue weighted by Crippen LogP contribution is 2.19. The number of nitrogens with zero attached hydrogens (tertiary/aromatic N) is 2. The largest absolute Gasteiger partial charge is 0.336 e. The van der Waals surface area contributed by atoms with Gasteiger partial charge >= 0.3 is 0 Å². The lowest BCUT2D eigenvalue weighted by molar-refractivity contribution is -0.137. The summed E-state index contributed by atoms with van der Waals surface area (Å²) in [5.41, 5.74) is -1.91. The first-order chi connectivity index (χ1) is 7.91. The topological polar surface area (TPSA) is 23.6 Å². The molecule has 0 bridgehead atoms. The van der Waals surface area contributed by atoms with Crippen molar-refractivity contribution in [3.05, 3.63) is 0 Å². The molecule has 17 heavy (non-hydrogen) atoms. The van der Waals surface area contributed by atoms with Crippen LogP contribution in [-0.4, -0.2) is 54.1 Å². The molecule has 5 heteroatoms. The second kappa shape index (κ2) is 6.55. The van der Waals surface area contributed by atoms with Gasteiger partial charge in [-0.2, -0.15) is 0 Å². The zero-order valence-corrected chi connectivity index (χ0v) is 11.6. The summed E-state index contributed by atoms with van der Waals surface area (Å²) in [6.45, 7) is 6.53. The van der Waals surface area contributed by atoms with Gasteiger partial charge in [-0.05, 0) is 38.9 Å². The Morgan fingerprint density at radius 2 is 2.00 bits per heavy atom. The summed E-state index contributed by atoms with van der Waals surface area (Å²) < 4.78 is 13.0. The normalized spacial score (nSPS) is 20.6. The fraction of sp³-hybridized carbons (Fsp3) is 0.917. The van der Waals surface area contributed by atoms with Crippen molar-refractivity contribution in [2.75, 3.05) is 26.7 Å². The third-order valence-corrected chi connectivity index (χ3v) is 3.35. The molecule has 0 N–H and O–H groups in total. The lowest BCUT2D eigenvalue weighted by Crippen LogP contribution is -2.49. The number of carbonyl (C=O) groups is 1. The minimum Gasteiger partial charge on any atom is -0.336 e. The molecule has 1 aliphatic heterocycles. The van der Waals surface area contributed by atoms with Crippen molar-refractivity contribution in [1.29, 1.82) is 0 Å². The molecule has 3 nitrogen and oxygen atoms in total. The number of piperidine rings is 1. The zero-order chi connectivity index (χ0) is 13.0. The van der Waals surface area contributed by atoms with Crippen molar-refractivity contribution in [3.63, 3.8) is 0 Å². The molecule has 1 rings (SSSR count). The number of halogens is 2. The van der Waals surface area contributed by atoms with E-state index < -0.39 is 11.5 Å². The van der Waals surface area contributed by atoms with Crippen molar-refractivity contribution >= 4 is 17.5 Å². The molecule has 0 saturated carbocycles. The van der Waals surface area contributed by atoms with E-state index >= 15 is 0 Å². The second-order valence-corrected chi connectivity index (χ2v) is 5.60. The zero-order valence-electron chi connectivity index (χ0n) is 10.8. The lowest BCUT2D eigenvalue weighted by atomic mass is 10.0. The molecule has 1 fully saturated rings. The first-order valence-corrected chi connectivity index (χ1v) is 6.62. The van der Waals surface area contributed by atoms with E-state index in [0.29, 0.717) is 12.5 Å². The number of rotatable bonds is 4. The summed E-state index contributed by atoms with van der Waals surface area (Å²) in [6, 6.07) is 0.137. The van der Waals surface area contributed by atoms with E-state index in [0.717, 1.165) is 25.9 Å². The number of carbonyl (C=O) groups excluding carboxylic acids is 1. The highest BCUT2D eigenvalue weighted by Gasteiger charge is 2.30.